The maximum absolute atomic E-state index is 12.4. The van der Waals surface area contributed by atoms with Crippen molar-refractivity contribution < 1.29 is 22.7 Å². The number of amides is 1. The van der Waals surface area contributed by atoms with Crippen LogP contribution in [0.4, 0.5) is 13.2 Å². The molecule has 0 aliphatic carbocycles. The first kappa shape index (κ1) is 18.5. The van der Waals surface area contributed by atoms with E-state index in [1.165, 1.54) is 24.3 Å². The summed E-state index contributed by atoms with van der Waals surface area (Å²) in [6.07, 6.45) is -3.14. The lowest BCUT2D eigenvalue weighted by atomic mass is 10.0. The van der Waals surface area contributed by atoms with E-state index in [2.05, 4.69) is 15.0 Å². The molecule has 1 saturated heterocycles. The van der Waals surface area contributed by atoms with Crippen LogP contribution < -0.4 is 10.1 Å². The first-order chi connectivity index (χ1) is 12.3. The summed E-state index contributed by atoms with van der Waals surface area (Å²) in [5.41, 5.74) is 1.19. The van der Waals surface area contributed by atoms with Crippen LogP contribution in [-0.4, -0.2) is 35.2 Å². The van der Waals surface area contributed by atoms with Crippen LogP contribution in [0, 0.1) is 0 Å². The van der Waals surface area contributed by atoms with Gasteiger partial charge in [-0.1, -0.05) is 23.7 Å². The SMILES string of the molecule is O=C1NCCN(Cc2ncccc2Cl)C1c1ccc(OC(F)(F)F)cc1. The quantitative estimate of drug-likeness (QED) is 0.877. The van der Waals surface area contributed by atoms with Gasteiger partial charge in [0.05, 0.1) is 10.7 Å². The molecule has 9 heteroatoms. The number of rotatable bonds is 4. The Morgan fingerprint density at radius 2 is 2.00 bits per heavy atom. The highest BCUT2D eigenvalue weighted by Crippen LogP contribution is 2.29. The zero-order valence-electron chi connectivity index (χ0n) is 13.5. The zero-order chi connectivity index (χ0) is 18.7. The van der Waals surface area contributed by atoms with Crippen molar-refractivity contribution in [2.45, 2.75) is 18.9 Å². The van der Waals surface area contributed by atoms with Gasteiger partial charge in [-0.2, -0.15) is 0 Å². The van der Waals surface area contributed by atoms with E-state index in [0.29, 0.717) is 35.9 Å². The summed E-state index contributed by atoms with van der Waals surface area (Å²) in [4.78, 5) is 18.5. The molecular formula is C17H15ClF3N3O2. The van der Waals surface area contributed by atoms with Crippen molar-refractivity contribution in [2.24, 2.45) is 0 Å². The Labute approximate surface area is 152 Å². The molecule has 1 aromatic heterocycles. The molecule has 138 valence electrons. The molecule has 1 N–H and O–H groups in total. The van der Waals surface area contributed by atoms with Gasteiger partial charge < -0.3 is 10.1 Å². The Balaban J connectivity index is 1.82. The summed E-state index contributed by atoms with van der Waals surface area (Å²) < 4.78 is 40.7. The minimum Gasteiger partial charge on any atom is -0.406 e. The molecule has 1 aliphatic rings. The predicted molar refractivity (Wildman–Crippen MR) is 88.5 cm³/mol. The van der Waals surface area contributed by atoms with Crippen molar-refractivity contribution in [1.29, 1.82) is 0 Å². The van der Waals surface area contributed by atoms with Crippen LogP contribution in [0.3, 0.4) is 0 Å². The molecule has 3 rings (SSSR count). The standard InChI is InChI=1S/C17H15ClF3N3O2/c18-13-2-1-7-22-14(13)10-24-9-8-23-16(25)15(24)11-3-5-12(6-4-11)26-17(19,20)21/h1-7,15H,8-10H2,(H,23,25). The average molecular weight is 386 g/mol. The zero-order valence-corrected chi connectivity index (χ0v) is 14.2. The first-order valence-corrected chi connectivity index (χ1v) is 8.18. The molecule has 1 atom stereocenters. The Hall–Kier alpha value is -2.32. The van der Waals surface area contributed by atoms with Gasteiger partial charge in [-0.25, -0.2) is 0 Å². The van der Waals surface area contributed by atoms with E-state index in [4.69, 9.17) is 11.6 Å². The number of carbonyl (C=O) groups excluding carboxylic acids is 1. The van der Waals surface area contributed by atoms with Crippen molar-refractivity contribution in [1.82, 2.24) is 15.2 Å². The van der Waals surface area contributed by atoms with Gasteiger partial charge in [0.15, 0.2) is 0 Å². The second kappa shape index (κ2) is 7.51. The minimum atomic E-state index is -4.76. The lowest BCUT2D eigenvalue weighted by Crippen LogP contribution is -2.49. The highest BCUT2D eigenvalue weighted by Gasteiger charge is 2.33. The summed E-state index contributed by atoms with van der Waals surface area (Å²) in [6.45, 7) is 1.37. The second-order valence-corrected chi connectivity index (χ2v) is 6.12. The van der Waals surface area contributed by atoms with E-state index >= 15 is 0 Å². The van der Waals surface area contributed by atoms with Crippen LogP contribution in [0.1, 0.15) is 17.3 Å². The number of carbonyl (C=O) groups is 1. The smallest absolute Gasteiger partial charge is 0.406 e. The molecular weight excluding hydrogens is 371 g/mol. The maximum Gasteiger partial charge on any atom is 0.573 e. The van der Waals surface area contributed by atoms with Crippen molar-refractivity contribution in [2.75, 3.05) is 13.1 Å². The Kier molecular flexibility index (Phi) is 5.33. The van der Waals surface area contributed by atoms with Crippen LogP contribution in [0.2, 0.25) is 5.02 Å². The van der Waals surface area contributed by atoms with Gasteiger partial charge in [0.25, 0.3) is 0 Å². The van der Waals surface area contributed by atoms with Gasteiger partial charge in [-0.3, -0.25) is 14.7 Å². The van der Waals surface area contributed by atoms with E-state index in [-0.39, 0.29) is 11.7 Å². The molecule has 1 unspecified atom stereocenters. The largest absolute Gasteiger partial charge is 0.573 e. The van der Waals surface area contributed by atoms with E-state index < -0.39 is 12.4 Å². The number of alkyl halides is 3. The molecule has 5 nitrogen and oxygen atoms in total. The van der Waals surface area contributed by atoms with Gasteiger partial charge >= 0.3 is 6.36 Å². The number of ether oxygens (including phenoxy) is 1. The van der Waals surface area contributed by atoms with E-state index in [1.807, 2.05) is 4.90 Å². The van der Waals surface area contributed by atoms with Gasteiger partial charge in [-0.15, -0.1) is 13.2 Å². The van der Waals surface area contributed by atoms with Crippen molar-refractivity contribution in [3.05, 3.63) is 58.9 Å². The molecule has 0 radical (unpaired) electrons. The fourth-order valence-corrected chi connectivity index (χ4v) is 3.01. The summed E-state index contributed by atoms with van der Waals surface area (Å²) in [5, 5.41) is 3.26. The number of piperazine rings is 1. The van der Waals surface area contributed by atoms with Crippen LogP contribution in [-0.2, 0) is 11.3 Å². The average Bonchev–Trinajstić information content (AvgIpc) is 2.57. The number of hydrogen-bond donors (Lipinski definition) is 1. The number of benzene rings is 1. The molecule has 0 bridgehead atoms. The van der Waals surface area contributed by atoms with Crippen LogP contribution in [0.25, 0.3) is 0 Å². The predicted octanol–water partition coefficient (Wildman–Crippen LogP) is 3.31. The highest BCUT2D eigenvalue weighted by atomic mass is 35.5. The first-order valence-electron chi connectivity index (χ1n) is 7.80. The summed E-state index contributed by atoms with van der Waals surface area (Å²) in [6, 6.07) is 8.06. The Morgan fingerprint density at radius 1 is 1.27 bits per heavy atom. The third-order valence-electron chi connectivity index (χ3n) is 3.93. The van der Waals surface area contributed by atoms with Gasteiger partial charge in [0.1, 0.15) is 11.8 Å². The normalized spacial score (nSPS) is 18.5. The Bertz CT molecular complexity index is 784. The van der Waals surface area contributed by atoms with E-state index in [9.17, 15) is 18.0 Å². The topological polar surface area (TPSA) is 54.5 Å². The van der Waals surface area contributed by atoms with E-state index in [1.54, 1.807) is 18.3 Å². The van der Waals surface area contributed by atoms with Crippen molar-refractivity contribution in [3.8, 4) is 5.75 Å². The summed E-state index contributed by atoms with van der Waals surface area (Å²) in [7, 11) is 0. The highest BCUT2D eigenvalue weighted by molar-refractivity contribution is 6.31. The van der Waals surface area contributed by atoms with Gasteiger partial charge in [-0.05, 0) is 29.8 Å². The second-order valence-electron chi connectivity index (χ2n) is 5.71. The molecule has 2 aromatic rings. The number of halogens is 4. The molecule has 0 saturated carbocycles. The maximum atomic E-state index is 12.4. The third kappa shape index (κ3) is 4.44. The molecule has 26 heavy (non-hydrogen) atoms. The number of hydrogen-bond acceptors (Lipinski definition) is 4. The van der Waals surface area contributed by atoms with Crippen LogP contribution >= 0.6 is 11.6 Å². The molecule has 0 spiro atoms. The molecule has 1 fully saturated rings. The lowest BCUT2D eigenvalue weighted by Gasteiger charge is -2.35. The number of nitrogens with zero attached hydrogens (tertiary/aromatic N) is 2. The van der Waals surface area contributed by atoms with Gasteiger partial charge in [0.2, 0.25) is 5.91 Å². The fraction of sp³-hybridized carbons (Fsp3) is 0.294. The van der Waals surface area contributed by atoms with E-state index in [0.717, 1.165) is 0 Å². The van der Waals surface area contributed by atoms with Gasteiger partial charge in [0, 0.05) is 25.8 Å². The monoisotopic (exact) mass is 385 g/mol. The number of nitrogens with one attached hydrogen (secondary N) is 1. The summed E-state index contributed by atoms with van der Waals surface area (Å²) in [5.74, 6) is -0.565. The Morgan fingerprint density at radius 3 is 2.65 bits per heavy atom. The third-order valence-corrected chi connectivity index (χ3v) is 4.27. The van der Waals surface area contributed by atoms with Crippen LogP contribution in [0.15, 0.2) is 42.6 Å². The molecule has 1 aliphatic heterocycles. The fourth-order valence-electron chi connectivity index (χ4n) is 2.83. The van der Waals surface area contributed by atoms with Crippen LogP contribution in [0.5, 0.6) is 5.75 Å². The lowest BCUT2D eigenvalue weighted by molar-refractivity contribution is -0.274. The number of pyridine rings is 1. The molecule has 1 amide bonds. The molecule has 1 aromatic carbocycles. The number of aromatic nitrogens is 1. The van der Waals surface area contributed by atoms with Crippen molar-refractivity contribution in [3.63, 3.8) is 0 Å². The minimum absolute atomic E-state index is 0.229. The molecule has 2 heterocycles. The van der Waals surface area contributed by atoms with Crippen molar-refractivity contribution >= 4 is 17.5 Å². The summed E-state index contributed by atoms with van der Waals surface area (Å²) >= 11 is 6.14.